The Bertz CT molecular complexity index is 1210. The minimum atomic E-state index is 0.460. The van der Waals surface area contributed by atoms with Crippen LogP contribution < -0.4 is 5.32 Å². The van der Waals surface area contributed by atoms with Crippen LogP contribution in [0.25, 0.3) is 16.8 Å². The van der Waals surface area contributed by atoms with Gasteiger partial charge in [-0.3, -0.25) is 9.67 Å². The van der Waals surface area contributed by atoms with Gasteiger partial charge >= 0.3 is 0 Å². The summed E-state index contributed by atoms with van der Waals surface area (Å²) in [4.78, 5) is 8.83. The van der Waals surface area contributed by atoms with Gasteiger partial charge in [0.1, 0.15) is 12.0 Å². The maximum Gasteiger partial charge on any atom is 0.137 e. The number of ether oxygens (including phenoxy) is 1. The Hall–Kier alpha value is -3.10. The van der Waals surface area contributed by atoms with Crippen molar-refractivity contribution in [3.05, 3.63) is 66.1 Å². The highest BCUT2D eigenvalue weighted by Gasteiger charge is 2.28. The van der Waals surface area contributed by atoms with Crippen molar-refractivity contribution in [1.29, 1.82) is 0 Å². The minimum Gasteiger partial charge on any atom is -0.376 e. The summed E-state index contributed by atoms with van der Waals surface area (Å²) in [6, 6.07) is 4.46. The SMILES string of the molecule is c1cncc(COCC2Cc3cn4ncnc(-c5cnn(C6CCNCC6)c5)c4c3C2)c1. The third kappa shape index (κ3) is 3.69. The molecular weight excluding hydrogens is 402 g/mol. The second-order valence-corrected chi connectivity index (χ2v) is 8.88. The highest BCUT2D eigenvalue weighted by Crippen LogP contribution is 2.35. The Morgan fingerprint density at radius 2 is 2.03 bits per heavy atom. The number of nitrogens with zero attached hydrogens (tertiary/aromatic N) is 6. The molecule has 0 radical (unpaired) electrons. The van der Waals surface area contributed by atoms with Crippen LogP contribution in [0.4, 0.5) is 0 Å². The summed E-state index contributed by atoms with van der Waals surface area (Å²) in [6.45, 7) is 3.45. The molecule has 1 N–H and O–H groups in total. The molecular formula is C24H27N7O. The Labute approximate surface area is 186 Å². The first-order valence-electron chi connectivity index (χ1n) is 11.4. The third-order valence-corrected chi connectivity index (χ3v) is 6.67. The second-order valence-electron chi connectivity index (χ2n) is 8.88. The fraction of sp³-hybridized carbons (Fsp3) is 0.417. The molecule has 1 fully saturated rings. The van der Waals surface area contributed by atoms with Gasteiger partial charge in [-0.15, -0.1) is 0 Å². The van der Waals surface area contributed by atoms with Crippen LogP contribution in [0.3, 0.4) is 0 Å². The van der Waals surface area contributed by atoms with Crippen LogP contribution in [0, 0.1) is 5.92 Å². The van der Waals surface area contributed by atoms with Gasteiger partial charge in [0.25, 0.3) is 0 Å². The molecule has 1 atom stereocenters. The number of hydrogen-bond acceptors (Lipinski definition) is 6. The molecule has 32 heavy (non-hydrogen) atoms. The number of pyridine rings is 1. The second kappa shape index (κ2) is 8.44. The van der Waals surface area contributed by atoms with Crippen LogP contribution in [-0.4, -0.2) is 49.1 Å². The van der Waals surface area contributed by atoms with E-state index >= 15 is 0 Å². The molecule has 0 aromatic carbocycles. The molecule has 164 valence electrons. The first kappa shape index (κ1) is 19.6. The first-order valence-corrected chi connectivity index (χ1v) is 11.4. The number of hydrogen-bond donors (Lipinski definition) is 1. The highest BCUT2D eigenvalue weighted by molar-refractivity contribution is 5.80. The standard InChI is InChI=1S/C24H27N7O/c1-2-17(10-26-5-1)14-32-15-18-8-19-12-31-24(22(19)9-18)23(27-16-29-31)20-11-28-30(13-20)21-3-6-25-7-4-21/h1-2,5,10-13,16,18,21,25H,3-4,6-9,14-15H2. The summed E-state index contributed by atoms with van der Waals surface area (Å²) in [5, 5.41) is 12.6. The van der Waals surface area contributed by atoms with Crippen molar-refractivity contribution < 1.29 is 4.74 Å². The third-order valence-electron chi connectivity index (χ3n) is 6.67. The number of rotatable bonds is 6. The van der Waals surface area contributed by atoms with Crippen LogP contribution in [0.2, 0.25) is 0 Å². The quantitative estimate of drug-likeness (QED) is 0.508. The van der Waals surface area contributed by atoms with Crippen LogP contribution in [0.5, 0.6) is 0 Å². The van der Waals surface area contributed by atoms with Gasteiger partial charge in [0.2, 0.25) is 0 Å². The Morgan fingerprint density at radius 3 is 2.91 bits per heavy atom. The van der Waals surface area contributed by atoms with Crippen molar-refractivity contribution in [3.8, 4) is 11.3 Å². The smallest absolute Gasteiger partial charge is 0.137 e. The van der Waals surface area contributed by atoms with E-state index in [9.17, 15) is 0 Å². The summed E-state index contributed by atoms with van der Waals surface area (Å²) < 4.78 is 10.1. The topological polar surface area (TPSA) is 82.2 Å². The fourth-order valence-electron chi connectivity index (χ4n) is 5.09. The van der Waals surface area contributed by atoms with Crippen molar-refractivity contribution >= 4 is 5.52 Å². The summed E-state index contributed by atoms with van der Waals surface area (Å²) in [5.74, 6) is 0.479. The van der Waals surface area contributed by atoms with Gasteiger partial charge < -0.3 is 10.1 Å². The first-order chi connectivity index (χ1) is 15.8. The van der Waals surface area contributed by atoms with E-state index < -0.39 is 0 Å². The van der Waals surface area contributed by atoms with E-state index in [1.54, 1.807) is 12.5 Å². The zero-order valence-corrected chi connectivity index (χ0v) is 18.0. The summed E-state index contributed by atoms with van der Waals surface area (Å²) in [6.07, 6.45) is 15.8. The molecule has 8 heteroatoms. The molecule has 6 rings (SSSR count). The van der Waals surface area contributed by atoms with E-state index in [0.717, 1.165) is 67.7 Å². The van der Waals surface area contributed by atoms with E-state index in [-0.39, 0.29) is 0 Å². The average molecular weight is 430 g/mol. The van der Waals surface area contributed by atoms with E-state index in [4.69, 9.17) is 4.74 Å². The predicted molar refractivity (Wildman–Crippen MR) is 120 cm³/mol. The van der Waals surface area contributed by atoms with Gasteiger partial charge in [0, 0.05) is 30.4 Å². The van der Waals surface area contributed by atoms with Gasteiger partial charge in [-0.25, -0.2) is 9.50 Å². The molecule has 5 heterocycles. The predicted octanol–water partition coefficient (Wildman–Crippen LogP) is 2.84. The van der Waals surface area contributed by atoms with E-state index in [1.165, 1.54) is 11.1 Å². The van der Waals surface area contributed by atoms with E-state index in [2.05, 4.69) is 42.6 Å². The number of aromatic nitrogens is 6. The van der Waals surface area contributed by atoms with Gasteiger partial charge in [-0.2, -0.15) is 10.2 Å². The maximum absolute atomic E-state index is 6.01. The highest BCUT2D eigenvalue weighted by atomic mass is 16.5. The molecule has 1 aliphatic carbocycles. The normalized spacial score (nSPS) is 18.9. The van der Waals surface area contributed by atoms with Crippen molar-refractivity contribution in [1.82, 2.24) is 34.7 Å². The molecule has 1 unspecified atom stereocenters. The van der Waals surface area contributed by atoms with Gasteiger partial charge in [0.05, 0.1) is 31.0 Å². The minimum absolute atomic E-state index is 0.460. The van der Waals surface area contributed by atoms with Crippen molar-refractivity contribution in [3.63, 3.8) is 0 Å². The molecule has 2 aliphatic rings. The number of fused-ring (bicyclic) bond motifs is 3. The van der Waals surface area contributed by atoms with E-state index in [0.29, 0.717) is 18.6 Å². The van der Waals surface area contributed by atoms with E-state index in [1.807, 2.05) is 29.0 Å². The zero-order valence-electron chi connectivity index (χ0n) is 18.0. The van der Waals surface area contributed by atoms with Gasteiger partial charge in [0.15, 0.2) is 0 Å². The molecule has 0 saturated carbocycles. The van der Waals surface area contributed by atoms with Crippen LogP contribution in [-0.2, 0) is 24.2 Å². The Kier molecular flexibility index (Phi) is 5.16. The van der Waals surface area contributed by atoms with Crippen LogP contribution in [0.15, 0.2) is 49.4 Å². The average Bonchev–Trinajstić information content (AvgIpc) is 3.55. The lowest BCUT2D eigenvalue weighted by atomic mass is 10.1. The molecule has 8 nitrogen and oxygen atoms in total. The monoisotopic (exact) mass is 429 g/mol. The molecule has 4 aromatic heterocycles. The van der Waals surface area contributed by atoms with Gasteiger partial charge in [-0.05, 0) is 67.4 Å². The molecule has 1 saturated heterocycles. The Morgan fingerprint density at radius 1 is 1.09 bits per heavy atom. The lowest BCUT2D eigenvalue weighted by Gasteiger charge is -2.22. The van der Waals surface area contributed by atoms with Gasteiger partial charge in [-0.1, -0.05) is 6.07 Å². The van der Waals surface area contributed by atoms with Crippen molar-refractivity contribution in [2.75, 3.05) is 19.7 Å². The number of piperidine rings is 1. The lowest BCUT2D eigenvalue weighted by molar-refractivity contribution is 0.0896. The van der Waals surface area contributed by atoms with Crippen LogP contribution >= 0.6 is 0 Å². The molecule has 0 bridgehead atoms. The molecule has 4 aromatic rings. The summed E-state index contributed by atoms with van der Waals surface area (Å²) in [5.41, 5.74) is 6.96. The largest absolute Gasteiger partial charge is 0.376 e. The lowest BCUT2D eigenvalue weighted by Crippen LogP contribution is -2.29. The number of nitrogens with one attached hydrogen (secondary N) is 1. The fourth-order valence-corrected chi connectivity index (χ4v) is 5.09. The van der Waals surface area contributed by atoms with Crippen LogP contribution in [0.1, 0.15) is 35.6 Å². The van der Waals surface area contributed by atoms with Crippen molar-refractivity contribution in [2.24, 2.45) is 5.92 Å². The summed E-state index contributed by atoms with van der Waals surface area (Å²) in [7, 11) is 0. The molecule has 0 amide bonds. The molecule has 0 spiro atoms. The summed E-state index contributed by atoms with van der Waals surface area (Å²) >= 11 is 0. The Balaban J connectivity index is 1.21. The van der Waals surface area contributed by atoms with Crippen molar-refractivity contribution in [2.45, 2.75) is 38.3 Å². The zero-order chi connectivity index (χ0) is 21.3. The maximum atomic E-state index is 6.01. The molecule has 1 aliphatic heterocycles.